The molecule has 0 bridgehead atoms. The molecule has 0 heterocycles. The van der Waals surface area contributed by atoms with Gasteiger partial charge in [-0.1, -0.05) is 40.9 Å². The molecule has 1 unspecified atom stereocenters. The lowest BCUT2D eigenvalue weighted by Gasteiger charge is -2.35. The summed E-state index contributed by atoms with van der Waals surface area (Å²) in [7, 11) is 1.70. The predicted molar refractivity (Wildman–Crippen MR) is 117 cm³/mol. The molecule has 30 heavy (non-hydrogen) atoms. The van der Waals surface area contributed by atoms with Crippen LogP contribution in [0.1, 0.15) is 31.4 Å². The maximum absolute atomic E-state index is 14.0. The Bertz CT molecular complexity index is 901. The van der Waals surface area contributed by atoms with Gasteiger partial charge in [0.2, 0.25) is 5.91 Å². The van der Waals surface area contributed by atoms with Crippen molar-refractivity contribution in [1.82, 2.24) is 5.32 Å². The number of rotatable bonds is 7. The lowest BCUT2D eigenvalue weighted by atomic mass is 9.78. The Morgan fingerprint density at radius 3 is 2.17 bits per heavy atom. The van der Waals surface area contributed by atoms with Gasteiger partial charge in [0, 0.05) is 47.8 Å². The molecule has 0 aliphatic heterocycles. The fraction of sp³-hybridized carbons (Fsp3) is 0.381. The maximum Gasteiger partial charge on any atom is 0.398 e. The number of anilines is 1. The molecule has 0 saturated heterocycles. The highest BCUT2D eigenvalue weighted by Gasteiger charge is 2.52. The number of carbonyl (C=O) groups excluding carboxylic acids is 1. The topological polar surface area (TPSA) is 32.3 Å². The van der Waals surface area contributed by atoms with E-state index in [1.54, 1.807) is 30.1 Å². The first kappa shape index (κ1) is 24.6. The normalized spacial score (nSPS) is 13.6. The SMILES string of the molecule is CC(=O)NCc1ccc(N(C)CCC(C)(c2cc(Cl)cc(Cl)c2)C(F)(F)F)cc1Cl. The molecule has 0 radical (unpaired) electrons. The average Bonchev–Trinajstić information content (AvgIpc) is 2.62. The number of amides is 1. The standard InChI is InChI=1S/C21H22Cl3F3N2O/c1-13(30)28-12-14-4-5-18(11-19(14)24)29(3)7-6-20(2,21(25,26)27)15-8-16(22)10-17(23)9-15/h4-5,8-11H,6-7,12H2,1-3H3,(H,28,30). The van der Waals surface area contributed by atoms with E-state index in [0.717, 1.165) is 12.5 Å². The predicted octanol–water partition coefficient (Wildman–Crippen LogP) is 6.63. The van der Waals surface area contributed by atoms with E-state index in [-0.39, 0.29) is 41.0 Å². The van der Waals surface area contributed by atoms with Gasteiger partial charge in [0.25, 0.3) is 0 Å². The zero-order chi connectivity index (χ0) is 22.7. The molecule has 1 amide bonds. The van der Waals surface area contributed by atoms with E-state index in [1.165, 1.54) is 25.1 Å². The summed E-state index contributed by atoms with van der Waals surface area (Å²) in [5.41, 5.74) is -0.729. The van der Waals surface area contributed by atoms with Crippen molar-refractivity contribution in [2.24, 2.45) is 0 Å². The van der Waals surface area contributed by atoms with Gasteiger partial charge in [-0.05, 0) is 54.8 Å². The van der Waals surface area contributed by atoms with Crippen molar-refractivity contribution in [3.63, 3.8) is 0 Å². The summed E-state index contributed by atoms with van der Waals surface area (Å²) < 4.78 is 42.0. The number of nitrogens with zero attached hydrogens (tertiary/aromatic N) is 1. The first-order chi connectivity index (χ1) is 13.8. The summed E-state index contributed by atoms with van der Waals surface area (Å²) in [6.45, 7) is 2.94. The molecule has 164 valence electrons. The highest BCUT2D eigenvalue weighted by Crippen LogP contribution is 2.45. The summed E-state index contributed by atoms with van der Waals surface area (Å²) >= 11 is 18.1. The van der Waals surface area contributed by atoms with E-state index < -0.39 is 11.6 Å². The molecule has 0 aromatic heterocycles. The minimum atomic E-state index is -4.50. The molecule has 0 spiro atoms. The van der Waals surface area contributed by atoms with Gasteiger partial charge in [-0.2, -0.15) is 13.2 Å². The fourth-order valence-electron chi connectivity index (χ4n) is 2.98. The molecule has 2 aromatic rings. The summed E-state index contributed by atoms with van der Waals surface area (Å²) in [4.78, 5) is 12.8. The molecular formula is C21H22Cl3F3N2O. The lowest BCUT2D eigenvalue weighted by Crippen LogP contribution is -2.42. The zero-order valence-electron chi connectivity index (χ0n) is 16.7. The Morgan fingerprint density at radius 2 is 1.67 bits per heavy atom. The van der Waals surface area contributed by atoms with Crippen LogP contribution in [0, 0.1) is 0 Å². The smallest absolute Gasteiger partial charge is 0.375 e. The molecule has 0 fully saturated rings. The number of halogens is 6. The summed E-state index contributed by atoms with van der Waals surface area (Å²) in [6.07, 6.45) is -4.71. The van der Waals surface area contributed by atoms with Crippen LogP contribution in [-0.2, 0) is 16.8 Å². The van der Waals surface area contributed by atoms with E-state index in [1.807, 2.05) is 0 Å². The Hall–Kier alpha value is -1.63. The second-order valence-corrected chi connectivity index (χ2v) is 8.63. The number of alkyl halides is 3. The number of nitrogens with one attached hydrogen (secondary N) is 1. The maximum atomic E-state index is 14.0. The minimum absolute atomic E-state index is 0.0181. The van der Waals surface area contributed by atoms with Crippen molar-refractivity contribution in [3.05, 3.63) is 62.6 Å². The van der Waals surface area contributed by atoms with Gasteiger partial charge in [0.05, 0.1) is 5.41 Å². The van der Waals surface area contributed by atoms with E-state index in [9.17, 15) is 18.0 Å². The van der Waals surface area contributed by atoms with Crippen molar-refractivity contribution in [1.29, 1.82) is 0 Å². The lowest BCUT2D eigenvalue weighted by molar-refractivity contribution is -0.187. The molecular weight excluding hydrogens is 460 g/mol. The van der Waals surface area contributed by atoms with Crippen LogP contribution in [0.2, 0.25) is 15.1 Å². The summed E-state index contributed by atoms with van der Waals surface area (Å²) in [5, 5.41) is 3.39. The molecule has 0 aliphatic rings. The Balaban J connectivity index is 2.21. The van der Waals surface area contributed by atoms with Gasteiger partial charge in [0.1, 0.15) is 0 Å². The van der Waals surface area contributed by atoms with Crippen LogP contribution in [0.25, 0.3) is 0 Å². The molecule has 2 aromatic carbocycles. The monoisotopic (exact) mass is 480 g/mol. The van der Waals surface area contributed by atoms with Crippen LogP contribution in [0.3, 0.4) is 0 Å². The fourth-order valence-corrected chi connectivity index (χ4v) is 3.75. The zero-order valence-corrected chi connectivity index (χ0v) is 19.0. The van der Waals surface area contributed by atoms with Crippen LogP contribution in [0.5, 0.6) is 0 Å². The second kappa shape index (κ2) is 9.67. The molecule has 0 saturated carbocycles. The Kier molecular flexibility index (Phi) is 7.94. The molecule has 9 heteroatoms. The van der Waals surface area contributed by atoms with Crippen molar-refractivity contribution in [2.75, 3.05) is 18.5 Å². The van der Waals surface area contributed by atoms with Crippen molar-refractivity contribution in [3.8, 4) is 0 Å². The van der Waals surface area contributed by atoms with E-state index >= 15 is 0 Å². The quantitative estimate of drug-likeness (QED) is 0.481. The van der Waals surface area contributed by atoms with Crippen molar-refractivity contribution < 1.29 is 18.0 Å². The van der Waals surface area contributed by atoms with Gasteiger partial charge in [-0.25, -0.2) is 0 Å². The number of benzene rings is 2. The van der Waals surface area contributed by atoms with Crippen LogP contribution in [0.15, 0.2) is 36.4 Å². The van der Waals surface area contributed by atoms with Crippen LogP contribution >= 0.6 is 34.8 Å². The molecule has 3 nitrogen and oxygen atoms in total. The van der Waals surface area contributed by atoms with Gasteiger partial charge < -0.3 is 10.2 Å². The van der Waals surface area contributed by atoms with Gasteiger partial charge >= 0.3 is 6.18 Å². The second-order valence-electron chi connectivity index (χ2n) is 7.34. The number of carbonyl (C=O) groups is 1. The minimum Gasteiger partial charge on any atom is -0.375 e. The van der Waals surface area contributed by atoms with Crippen molar-refractivity contribution >= 4 is 46.4 Å². The van der Waals surface area contributed by atoms with E-state index in [0.29, 0.717) is 10.7 Å². The molecule has 1 N–H and O–H groups in total. The van der Waals surface area contributed by atoms with Gasteiger partial charge in [-0.3, -0.25) is 4.79 Å². The molecule has 0 aliphatic carbocycles. The largest absolute Gasteiger partial charge is 0.398 e. The summed E-state index contributed by atoms with van der Waals surface area (Å²) in [5.74, 6) is -0.181. The third-order valence-corrected chi connectivity index (χ3v) is 5.87. The van der Waals surface area contributed by atoms with Crippen LogP contribution in [0.4, 0.5) is 18.9 Å². The van der Waals surface area contributed by atoms with Crippen LogP contribution in [-0.4, -0.2) is 25.7 Å². The molecule has 1 atom stereocenters. The van der Waals surface area contributed by atoms with E-state index in [4.69, 9.17) is 34.8 Å². The van der Waals surface area contributed by atoms with Gasteiger partial charge in [0.15, 0.2) is 0 Å². The third kappa shape index (κ3) is 5.96. The average molecular weight is 482 g/mol. The Labute approximate surface area is 189 Å². The first-order valence-corrected chi connectivity index (χ1v) is 10.2. The number of hydrogen-bond acceptors (Lipinski definition) is 2. The Morgan fingerprint density at radius 1 is 1.07 bits per heavy atom. The summed E-state index contributed by atoms with van der Waals surface area (Å²) in [6, 6.07) is 9.16. The molecule has 2 rings (SSSR count). The first-order valence-electron chi connectivity index (χ1n) is 9.11. The van der Waals surface area contributed by atoms with Crippen molar-refractivity contribution in [2.45, 2.75) is 38.4 Å². The highest BCUT2D eigenvalue weighted by molar-refractivity contribution is 6.34. The highest BCUT2D eigenvalue weighted by atomic mass is 35.5. The van der Waals surface area contributed by atoms with Crippen LogP contribution < -0.4 is 10.2 Å². The van der Waals surface area contributed by atoms with E-state index in [2.05, 4.69) is 5.32 Å². The van der Waals surface area contributed by atoms with Gasteiger partial charge in [-0.15, -0.1) is 0 Å². The number of hydrogen-bond donors (Lipinski definition) is 1. The third-order valence-electron chi connectivity index (χ3n) is 5.08.